The lowest BCUT2D eigenvalue weighted by Crippen LogP contribution is -2.51. The molecule has 2 aliphatic heterocycles. The second kappa shape index (κ2) is 10.5. The molecular weight excluding hydrogens is 477 g/mol. The van der Waals surface area contributed by atoms with Crippen LogP contribution in [0.5, 0.6) is 0 Å². The minimum Gasteiger partial charge on any atom is -0.368 e. The molecule has 8 heteroatoms. The van der Waals surface area contributed by atoms with E-state index in [1.807, 2.05) is 40.8 Å². The zero-order valence-electron chi connectivity index (χ0n) is 20.9. The van der Waals surface area contributed by atoms with Crippen LogP contribution in [0.25, 0.3) is 0 Å². The molecule has 2 aliphatic rings. The maximum absolute atomic E-state index is 13.3. The number of nitrogens with zero attached hydrogens (tertiary/aromatic N) is 5. The van der Waals surface area contributed by atoms with Crippen molar-refractivity contribution in [3.05, 3.63) is 82.9 Å². The number of rotatable bonds is 5. The Labute approximate surface area is 217 Å². The average molecular weight is 510 g/mol. The fourth-order valence-corrected chi connectivity index (χ4v) is 5.64. The fraction of sp³-hybridized carbons (Fsp3) is 0.393. The number of halogens is 2. The largest absolute Gasteiger partial charge is 0.368 e. The average Bonchev–Trinajstić information content (AvgIpc) is 3.24. The van der Waals surface area contributed by atoms with Crippen molar-refractivity contribution in [3.63, 3.8) is 0 Å². The van der Waals surface area contributed by atoms with E-state index >= 15 is 0 Å². The highest BCUT2D eigenvalue weighted by molar-refractivity contribution is 6.33. The van der Waals surface area contributed by atoms with Crippen LogP contribution in [0.4, 0.5) is 15.8 Å². The summed E-state index contributed by atoms with van der Waals surface area (Å²) < 4.78 is 15.2. The Morgan fingerprint density at radius 2 is 1.72 bits per heavy atom. The highest BCUT2D eigenvalue weighted by Crippen LogP contribution is 2.29. The Morgan fingerprint density at radius 1 is 1.00 bits per heavy atom. The third-order valence-electron chi connectivity index (χ3n) is 7.32. The first kappa shape index (κ1) is 24.7. The summed E-state index contributed by atoms with van der Waals surface area (Å²) in [6, 6.07) is 17.0. The fourth-order valence-electron chi connectivity index (χ4n) is 5.39. The van der Waals surface area contributed by atoms with Crippen LogP contribution >= 0.6 is 11.6 Å². The van der Waals surface area contributed by atoms with E-state index in [-0.39, 0.29) is 11.7 Å². The molecular formula is C28H33ClFN5O. The van der Waals surface area contributed by atoms with Gasteiger partial charge in [-0.15, -0.1) is 0 Å². The zero-order valence-corrected chi connectivity index (χ0v) is 21.7. The van der Waals surface area contributed by atoms with Gasteiger partial charge in [0, 0.05) is 77.3 Å². The Kier molecular flexibility index (Phi) is 7.21. The molecule has 0 radical (unpaired) electrons. The predicted octanol–water partition coefficient (Wildman–Crippen LogP) is 4.49. The topological polar surface area (TPSA) is 35.0 Å². The molecule has 0 bridgehead atoms. The first-order chi connectivity index (χ1) is 17.4. The van der Waals surface area contributed by atoms with Gasteiger partial charge in [0.05, 0.1) is 10.7 Å². The summed E-state index contributed by atoms with van der Waals surface area (Å²) in [7, 11) is 1.95. The van der Waals surface area contributed by atoms with Crippen LogP contribution in [-0.2, 0) is 13.6 Å². The third-order valence-corrected chi connectivity index (χ3v) is 7.64. The number of amides is 1. The van der Waals surface area contributed by atoms with Gasteiger partial charge in [0.15, 0.2) is 0 Å². The van der Waals surface area contributed by atoms with Gasteiger partial charge < -0.3 is 19.3 Å². The minimum atomic E-state index is -0.232. The Balaban J connectivity index is 1.17. The molecule has 190 valence electrons. The van der Waals surface area contributed by atoms with Crippen molar-refractivity contribution in [2.24, 2.45) is 7.05 Å². The SMILES string of the molecule is C[C@@H]1CN(Cc2cc(C(=O)N3CCN(c4ccc(F)cc4)CC3)n(C)c2)CCN1c1ccccc1Cl. The third kappa shape index (κ3) is 5.22. The van der Waals surface area contributed by atoms with E-state index in [1.165, 1.54) is 12.1 Å². The van der Waals surface area contributed by atoms with Gasteiger partial charge in [0.1, 0.15) is 11.5 Å². The number of piperazine rings is 2. The van der Waals surface area contributed by atoms with Crippen LogP contribution in [0.15, 0.2) is 60.8 Å². The summed E-state index contributed by atoms with van der Waals surface area (Å²) in [6.45, 7) is 8.64. The van der Waals surface area contributed by atoms with Crippen LogP contribution in [0.2, 0.25) is 5.02 Å². The summed E-state index contributed by atoms with van der Waals surface area (Å²) in [5.74, 6) is -0.164. The zero-order chi connectivity index (χ0) is 25.2. The number of benzene rings is 2. The highest BCUT2D eigenvalue weighted by Gasteiger charge is 2.27. The molecule has 2 fully saturated rings. The first-order valence-corrected chi connectivity index (χ1v) is 13.0. The summed E-state index contributed by atoms with van der Waals surface area (Å²) in [5, 5.41) is 0.794. The minimum absolute atomic E-state index is 0.0689. The van der Waals surface area contributed by atoms with E-state index in [1.54, 1.807) is 12.1 Å². The number of hydrogen-bond donors (Lipinski definition) is 0. The van der Waals surface area contributed by atoms with Crippen molar-refractivity contribution in [2.45, 2.75) is 19.5 Å². The van der Waals surface area contributed by atoms with Crippen LogP contribution in [0.1, 0.15) is 23.0 Å². The van der Waals surface area contributed by atoms with Crippen molar-refractivity contribution in [2.75, 3.05) is 55.6 Å². The molecule has 0 spiro atoms. The summed E-state index contributed by atoms with van der Waals surface area (Å²) in [6.07, 6.45) is 2.08. The molecule has 2 saturated heterocycles. The molecule has 36 heavy (non-hydrogen) atoms. The molecule has 3 heterocycles. The number of carbonyl (C=O) groups is 1. The Bertz CT molecular complexity index is 1200. The van der Waals surface area contributed by atoms with Gasteiger partial charge in [0.2, 0.25) is 0 Å². The van der Waals surface area contributed by atoms with Crippen molar-refractivity contribution in [1.29, 1.82) is 0 Å². The van der Waals surface area contributed by atoms with E-state index < -0.39 is 0 Å². The lowest BCUT2D eigenvalue weighted by Gasteiger charge is -2.41. The molecule has 2 aromatic carbocycles. The van der Waals surface area contributed by atoms with E-state index in [0.717, 1.165) is 66.9 Å². The number of aromatic nitrogens is 1. The first-order valence-electron chi connectivity index (χ1n) is 12.6. The van der Waals surface area contributed by atoms with Gasteiger partial charge in [-0.2, -0.15) is 0 Å². The molecule has 5 rings (SSSR count). The van der Waals surface area contributed by atoms with Crippen LogP contribution in [0.3, 0.4) is 0 Å². The number of carbonyl (C=O) groups excluding carboxylic acids is 1. The van der Waals surface area contributed by atoms with Gasteiger partial charge in [0.25, 0.3) is 5.91 Å². The van der Waals surface area contributed by atoms with E-state index in [0.29, 0.717) is 19.1 Å². The second-order valence-electron chi connectivity index (χ2n) is 9.83. The van der Waals surface area contributed by atoms with Gasteiger partial charge >= 0.3 is 0 Å². The Hall–Kier alpha value is -3.03. The standard InChI is InChI=1S/C28H33ClFN5O/c1-21-18-32(11-16-35(21)26-6-4-3-5-25(26)29)20-22-17-27(31(2)19-22)28(36)34-14-12-33(13-15-34)24-9-7-23(30)8-10-24/h3-10,17,19,21H,11-16,18,20H2,1-2H3/t21-/m1/s1. The maximum Gasteiger partial charge on any atom is 0.270 e. The van der Waals surface area contributed by atoms with Crippen LogP contribution in [-0.4, -0.2) is 72.1 Å². The Morgan fingerprint density at radius 3 is 2.42 bits per heavy atom. The molecule has 6 nitrogen and oxygen atoms in total. The number of hydrogen-bond acceptors (Lipinski definition) is 4. The molecule has 1 amide bonds. The van der Waals surface area contributed by atoms with Crippen LogP contribution < -0.4 is 9.80 Å². The van der Waals surface area contributed by atoms with E-state index in [2.05, 4.69) is 33.9 Å². The summed E-state index contributed by atoms with van der Waals surface area (Å²) in [4.78, 5) is 22.2. The quantitative estimate of drug-likeness (QED) is 0.507. The van der Waals surface area contributed by atoms with Crippen molar-refractivity contribution < 1.29 is 9.18 Å². The highest BCUT2D eigenvalue weighted by atomic mass is 35.5. The number of anilines is 2. The molecule has 3 aromatic rings. The molecule has 0 saturated carbocycles. The maximum atomic E-state index is 13.3. The molecule has 1 aromatic heterocycles. The molecule has 0 N–H and O–H groups in total. The van der Waals surface area contributed by atoms with Crippen molar-refractivity contribution in [3.8, 4) is 0 Å². The van der Waals surface area contributed by atoms with Gasteiger partial charge in [-0.3, -0.25) is 9.69 Å². The lowest BCUT2D eigenvalue weighted by molar-refractivity contribution is 0.0737. The number of aryl methyl sites for hydroxylation is 1. The van der Waals surface area contributed by atoms with Crippen molar-refractivity contribution in [1.82, 2.24) is 14.4 Å². The normalized spacial score (nSPS) is 19.1. The smallest absolute Gasteiger partial charge is 0.270 e. The second-order valence-corrected chi connectivity index (χ2v) is 10.2. The van der Waals surface area contributed by atoms with E-state index in [9.17, 15) is 9.18 Å². The van der Waals surface area contributed by atoms with Gasteiger partial charge in [-0.25, -0.2) is 4.39 Å². The molecule has 1 atom stereocenters. The van der Waals surface area contributed by atoms with Crippen molar-refractivity contribution >= 4 is 28.9 Å². The lowest BCUT2D eigenvalue weighted by atomic mass is 10.1. The van der Waals surface area contributed by atoms with Gasteiger partial charge in [-0.05, 0) is 55.0 Å². The predicted molar refractivity (Wildman–Crippen MR) is 143 cm³/mol. The summed E-state index contributed by atoms with van der Waals surface area (Å²) >= 11 is 6.44. The monoisotopic (exact) mass is 509 g/mol. The molecule has 0 aliphatic carbocycles. The van der Waals surface area contributed by atoms with E-state index in [4.69, 9.17) is 11.6 Å². The van der Waals surface area contributed by atoms with Crippen LogP contribution in [0, 0.1) is 5.82 Å². The summed E-state index contributed by atoms with van der Waals surface area (Å²) in [5.41, 5.74) is 3.97. The molecule has 0 unspecified atom stereocenters. The number of para-hydroxylation sites is 1. The van der Waals surface area contributed by atoms with Gasteiger partial charge in [-0.1, -0.05) is 23.7 Å².